The molecule has 0 bridgehead atoms. The van der Waals surface area contributed by atoms with Crippen LogP contribution >= 0.6 is 15.9 Å². The molecule has 0 aliphatic carbocycles. The molecule has 2 rings (SSSR count). The van der Waals surface area contributed by atoms with E-state index in [1.54, 1.807) is 25.3 Å². The highest BCUT2D eigenvalue weighted by Gasteiger charge is 2.13. The van der Waals surface area contributed by atoms with Crippen molar-refractivity contribution in [3.63, 3.8) is 0 Å². The molecule has 1 amide bonds. The molecule has 0 heterocycles. The van der Waals surface area contributed by atoms with E-state index in [0.29, 0.717) is 12.4 Å². The number of nitrogens with zero attached hydrogens (tertiary/aromatic N) is 1. The Kier molecular flexibility index (Phi) is 6.81. The zero-order valence-electron chi connectivity index (χ0n) is 13.5. The van der Waals surface area contributed by atoms with Gasteiger partial charge in [0.05, 0.1) is 12.8 Å². The molecule has 1 atom stereocenters. The largest absolute Gasteiger partial charge is 0.493 e. The van der Waals surface area contributed by atoms with E-state index in [0.717, 1.165) is 15.8 Å². The lowest BCUT2D eigenvalue weighted by Crippen LogP contribution is -2.33. The van der Waals surface area contributed by atoms with Crippen LogP contribution < -0.4 is 14.9 Å². The first-order valence-corrected chi connectivity index (χ1v) is 8.36. The van der Waals surface area contributed by atoms with Crippen LogP contribution in [0.5, 0.6) is 11.5 Å². The lowest BCUT2D eigenvalue weighted by molar-refractivity contribution is -0.127. The minimum absolute atomic E-state index is 0.331. The Bertz CT molecular complexity index is 702. The normalized spacial score (nSPS) is 12.0. The molecule has 0 aliphatic rings. The molecular formula is C18H19BrN2O3. The molecule has 0 aliphatic heterocycles. The SMILES string of the molecule is CCOc1ccccc1/C=N\NC(=O)[C@@H](C)Oc1ccc(Br)cc1. The van der Waals surface area contributed by atoms with Gasteiger partial charge in [-0.05, 0) is 50.2 Å². The lowest BCUT2D eigenvalue weighted by Gasteiger charge is -2.13. The van der Waals surface area contributed by atoms with E-state index in [-0.39, 0.29) is 5.91 Å². The van der Waals surface area contributed by atoms with Gasteiger partial charge in [0.1, 0.15) is 11.5 Å². The van der Waals surface area contributed by atoms with Gasteiger partial charge < -0.3 is 9.47 Å². The van der Waals surface area contributed by atoms with Gasteiger partial charge >= 0.3 is 0 Å². The maximum atomic E-state index is 12.0. The number of amides is 1. The predicted octanol–water partition coefficient (Wildman–Crippen LogP) is 3.77. The van der Waals surface area contributed by atoms with E-state index < -0.39 is 6.10 Å². The highest BCUT2D eigenvalue weighted by Crippen LogP contribution is 2.17. The summed E-state index contributed by atoms with van der Waals surface area (Å²) in [6.07, 6.45) is 0.889. The molecule has 0 fully saturated rings. The molecule has 5 nitrogen and oxygen atoms in total. The van der Waals surface area contributed by atoms with Crippen molar-refractivity contribution in [2.75, 3.05) is 6.61 Å². The monoisotopic (exact) mass is 390 g/mol. The molecular weight excluding hydrogens is 372 g/mol. The van der Waals surface area contributed by atoms with E-state index in [1.807, 2.05) is 43.3 Å². The first kappa shape index (κ1) is 18.0. The number of ether oxygens (including phenoxy) is 2. The molecule has 24 heavy (non-hydrogen) atoms. The highest BCUT2D eigenvalue weighted by atomic mass is 79.9. The average molecular weight is 391 g/mol. The summed E-state index contributed by atoms with van der Waals surface area (Å²) < 4.78 is 12.0. The van der Waals surface area contributed by atoms with E-state index in [4.69, 9.17) is 9.47 Å². The van der Waals surface area contributed by atoms with E-state index in [9.17, 15) is 4.79 Å². The maximum Gasteiger partial charge on any atom is 0.280 e. The van der Waals surface area contributed by atoms with Crippen molar-refractivity contribution in [3.05, 3.63) is 58.6 Å². The van der Waals surface area contributed by atoms with Gasteiger partial charge in [0.15, 0.2) is 6.10 Å². The van der Waals surface area contributed by atoms with Crippen molar-refractivity contribution < 1.29 is 14.3 Å². The minimum Gasteiger partial charge on any atom is -0.493 e. The standard InChI is InChI=1S/C18H19BrN2O3/c1-3-23-17-7-5-4-6-14(17)12-20-21-18(22)13(2)24-16-10-8-15(19)9-11-16/h4-13H,3H2,1-2H3,(H,21,22)/b20-12-/t13-/m1/s1. The molecule has 2 aromatic carbocycles. The minimum atomic E-state index is -0.662. The lowest BCUT2D eigenvalue weighted by atomic mass is 10.2. The smallest absolute Gasteiger partial charge is 0.280 e. The summed E-state index contributed by atoms with van der Waals surface area (Å²) >= 11 is 3.35. The van der Waals surface area contributed by atoms with Crippen molar-refractivity contribution in [1.29, 1.82) is 0 Å². The number of halogens is 1. The summed E-state index contributed by atoms with van der Waals surface area (Å²) in [5, 5.41) is 3.97. The summed E-state index contributed by atoms with van der Waals surface area (Å²) in [6.45, 7) is 4.15. The van der Waals surface area contributed by atoms with Gasteiger partial charge in [-0.1, -0.05) is 28.1 Å². The fraction of sp³-hybridized carbons (Fsp3) is 0.222. The molecule has 0 saturated carbocycles. The third-order valence-corrected chi connectivity index (χ3v) is 3.62. The Morgan fingerprint density at radius 1 is 1.25 bits per heavy atom. The van der Waals surface area contributed by atoms with E-state index >= 15 is 0 Å². The second-order valence-corrected chi connectivity index (χ2v) is 5.83. The van der Waals surface area contributed by atoms with Crippen LogP contribution in [0.1, 0.15) is 19.4 Å². The van der Waals surface area contributed by atoms with Crippen molar-refractivity contribution in [3.8, 4) is 11.5 Å². The number of hydrogen-bond acceptors (Lipinski definition) is 4. The fourth-order valence-corrected chi connectivity index (χ4v) is 2.17. The number of nitrogens with one attached hydrogen (secondary N) is 1. The number of carbonyl (C=O) groups is 1. The number of rotatable bonds is 7. The van der Waals surface area contributed by atoms with Crippen molar-refractivity contribution in [1.82, 2.24) is 5.43 Å². The molecule has 1 N–H and O–H groups in total. The Hall–Kier alpha value is -2.34. The topological polar surface area (TPSA) is 59.9 Å². The second-order valence-electron chi connectivity index (χ2n) is 4.92. The van der Waals surface area contributed by atoms with Crippen LogP contribution in [0.4, 0.5) is 0 Å². The van der Waals surface area contributed by atoms with E-state index in [1.165, 1.54) is 0 Å². The number of hydrazone groups is 1. The average Bonchev–Trinajstić information content (AvgIpc) is 2.58. The molecule has 0 unspecified atom stereocenters. The number of benzene rings is 2. The zero-order valence-corrected chi connectivity index (χ0v) is 15.1. The van der Waals surface area contributed by atoms with E-state index in [2.05, 4.69) is 26.5 Å². The molecule has 0 saturated heterocycles. The predicted molar refractivity (Wildman–Crippen MR) is 97.6 cm³/mol. The quantitative estimate of drug-likeness (QED) is 0.578. The number of para-hydroxylation sites is 1. The van der Waals surface area contributed by atoms with Crippen LogP contribution in [0, 0.1) is 0 Å². The molecule has 0 aromatic heterocycles. The van der Waals surface area contributed by atoms with Gasteiger partial charge in [0.25, 0.3) is 5.91 Å². The summed E-state index contributed by atoms with van der Waals surface area (Å²) in [7, 11) is 0. The first-order chi connectivity index (χ1) is 11.6. The summed E-state index contributed by atoms with van der Waals surface area (Å²) in [4.78, 5) is 12.0. The van der Waals surface area contributed by atoms with Crippen LogP contribution in [-0.4, -0.2) is 24.8 Å². The van der Waals surface area contributed by atoms with Crippen LogP contribution in [-0.2, 0) is 4.79 Å². The van der Waals surface area contributed by atoms with Gasteiger partial charge in [0, 0.05) is 10.0 Å². The van der Waals surface area contributed by atoms with Crippen molar-refractivity contribution in [2.24, 2.45) is 5.10 Å². The van der Waals surface area contributed by atoms with Crippen LogP contribution in [0.15, 0.2) is 58.1 Å². The maximum absolute atomic E-state index is 12.0. The van der Waals surface area contributed by atoms with Crippen molar-refractivity contribution >= 4 is 28.1 Å². The summed E-state index contributed by atoms with van der Waals surface area (Å²) in [5.41, 5.74) is 3.27. The first-order valence-electron chi connectivity index (χ1n) is 7.57. The Morgan fingerprint density at radius 3 is 2.67 bits per heavy atom. The molecule has 126 valence electrons. The summed E-state index contributed by atoms with van der Waals surface area (Å²) in [6, 6.07) is 14.8. The van der Waals surface area contributed by atoms with Crippen LogP contribution in [0.25, 0.3) is 0 Å². The highest BCUT2D eigenvalue weighted by molar-refractivity contribution is 9.10. The zero-order chi connectivity index (χ0) is 17.4. The Morgan fingerprint density at radius 2 is 1.96 bits per heavy atom. The molecule has 2 aromatic rings. The Labute approximate surface area is 149 Å². The summed E-state index contributed by atoms with van der Waals surface area (Å²) in [5.74, 6) is 1.01. The molecule has 6 heteroatoms. The number of hydrogen-bond donors (Lipinski definition) is 1. The fourth-order valence-electron chi connectivity index (χ4n) is 1.90. The third-order valence-electron chi connectivity index (χ3n) is 3.09. The Balaban J connectivity index is 1.91. The van der Waals surface area contributed by atoms with Crippen LogP contribution in [0.3, 0.4) is 0 Å². The van der Waals surface area contributed by atoms with Crippen molar-refractivity contribution in [2.45, 2.75) is 20.0 Å². The molecule has 0 radical (unpaired) electrons. The molecule has 0 spiro atoms. The van der Waals surface area contributed by atoms with Gasteiger partial charge in [-0.15, -0.1) is 0 Å². The van der Waals surface area contributed by atoms with Gasteiger partial charge in [-0.25, -0.2) is 5.43 Å². The second kappa shape index (κ2) is 9.08. The van der Waals surface area contributed by atoms with Gasteiger partial charge in [-0.2, -0.15) is 5.10 Å². The number of carbonyl (C=O) groups excluding carboxylic acids is 1. The van der Waals surface area contributed by atoms with Gasteiger partial charge in [0.2, 0.25) is 0 Å². The van der Waals surface area contributed by atoms with Gasteiger partial charge in [-0.3, -0.25) is 4.79 Å². The third kappa shape index (κ3) is 5.38. The van der Waals surface area contributed by atoms with Crippen LogP contribution in [0.2, 0.25) is 0 Å².